The van der Waals surface area contributed by atoms with Gasteiger partial charge in [-0.15, -0.1) is 0 Å². The molecule has 35 heavy (non-hydrogen) atoms. The van der Waals surface area contributed by atoms with Crippen molar-refractivity contribution in [2.45, 2.75) is 70.1 Å². The third-order valence-corrected chi connectivity index (χ3v) is 8.73. The van der Waals surface area contributed by atoms with Gasteiger partial charge in [-0.25, -0.2) is 0 Å². The number of rotatable bonds is 7. The Morgan fingerprint density at radius 2 is 1.86 bits per heavy atom. The highest BCUT2D eigenvalue weighted by molar-refractivity contribution is 6.30. The Bertz CT molecular complexity index is 961. The summed E-state index contributed by atoms with van der Waals surface area (Å²) in [4.78, 5) is 28.5. The summed E-state index contributed by atoms with van der Waals surface area (Å²) in [6.45, 7) is 9.04. The van der Waals surface area contributed by atoms with Gasteiger partial charge in [-0.2, -0.15) is 0 Å². The van der Waals surface area contributed by atoms with E-state index >= 15 is 0 Å². The van der Waals surface area contributed by atoms with Crippen LogP contribution in [0.3, 0.4) is 0 Å². The van der Waals surface area contributed by atoms with Crippen LogP contribution in [0.4, 0.5) is 0 Å². The number of halogens is 1. The molecule has 1 saturated heterocycles. The largest absolute Gasteiger partial charge is 0.478 e. The molecule has 1 aliphatic heterocycles. The van der Waals surface area contributed by atoms with Crippen LogP contribution >= 0.6 is 11.6 Å². The fraction of sp³-hybridized carbons (Fsp3) is 0.704. The Hall–Kier alpha value is -1.83. The van der Waals surface area contributed by atoms with Crippen molar-refractivity contribution in [1.82, 2.24) is 15.5 Å². The molecule has 2 amide bonds. The standard InChI is InChI=1S/C27H38ClN3O4/c1-17-10-21(28)4-5-22(17)35-26(2,3)25(33)29-24-19-11-18-12-20(24)15-27(13-18,14-19)30-23(32)16-31-6-8-34-9-7-31/h4-5,10,18-20,24H,6-9,11-16H2,1-3H3,(H,29,33)(H,30,32)/t18?,19-,20+,24+,27+. The normalized spacial score (nSPS) is 32.3. The van der Waals surface area contributed by atoms with Gasteiger partial charge in [0.05, 0.1) is 19.8 Å². The highest BCUT2D eigenvalue weighted by atomic mass is 35.5. The Morgan fingerprint density at radius 3 is 2.51 bits per heavy atom. The third-order valence-electron chi connectivity index (χ3n) is 8.50. The van der Waals surface area contributed by atoms with Crippen molar-refractivity contribution >= 4 is 23.4 Å². The molecule has 5 aliphatic rings. The molecule has 8 heteroatoms. The minimum absolute atomic E-state index is 0.0882. The average molecular weight is 504 g/mol. The zero-order valence-electron chi connectivity index (χ0n) is 21.1. The molecule has 0 spiro atoms. The van der Waals surface area contributed by atoms with Crippen LogP contribution in [-0.2, 0) is 14.3 Å². The molecule has 1 heterocycles. The van der Waals surface area contributed by atoms with Gasteiger partial charge in [0, 0.05) is 29.7 Å². The first-order chi connectivity index (χ1) is 16.6. The van der Waals surface area contributed by atoms with Crippen LogP contribution in [-0.4, -0.2) is 66.7 Å². The van der Waals surface area contributed by atoms with E-state index < -0.39 is 5.60 Å². The molecule has 1 unspecified atom stereocenters. The maximum Gasteiger partial charge on any atom is 0.263 e. The van der Waals surface area contributed by atoms with E-state index in [2.05, 4.69) is 15.5 Å². The van der Waals surface area contributed by atoms with Gasteiger partial charge in [0.1, 0.15) is 5.75 Å². The molecule has 4 saturated carbocycles. The average Bonchev–Trinajstić information content (AvgIpc) is 2.77. The van der Waals surface area contributed by atoms with Crippen molar-refractivity contribution in [3.8, 4) is 5.75 Å². The SMILES string of the molecule is Cc1cc(Cl)ccc1OC(C)(C)C(=O)N[C@H]1[C@@H]2CC3C[C@H]1C[C@](NC(=O)CN1CCOCC1)(C3)C2. The molecular formula is C27H38ClN3O4. The summed E-state index contributed by atoms with van der Waals surface area (Å²) >= 11 is 6.07. The fourth-order valence-electron chi connectivity index (χ4n) is 7.08. The highest BCUT2D eigenvalue weighted by Gasteiger charge is 2.56. The number of benzene rings is 1. The summed E-state index contributed by atoms with van der Waals surface area (Å²) in [7, 11) is 0. The Kier molecular flexibility index (Phi) is 6.79. The summed E-state index contributed by atoms with van der Waals surface area (Å²) in [6.07, 6.45) is 5.20. The summed E-state index contributed by atoms with van der Waals surface area (Å²) in [5.74, 6) is 2.12. The van der Waals surface area contributed by atoms with Crippen molar-refractivity contribution in [2.75, 3.05) is 32.8 Å². The third kappa shape index (κ3) is 5.32. The second-order valence-corrected chi connectivity index (χ2v) is 12.1. The molecule has 5 fully saturated rings. The van der Waals surface area contributed by atoms with Crippen molar-refractivity contribution < 1.29 is 19.1 Å². The van der Waals surface area contributed by atoms with Crippen LogP contribution in [0.15, 0.2) is 18.2 Å². The lowest BCUT2D eigenvalue weighted by Gasteiger charge is -2.60. The number of aryl methyl sites for hydroxylation is 1. The van der Waals surface area contributed by atoms with Crippen molar-refractivity contribution in [3.63, 3.8) is 0 Å². The van der Waals surface area contributed by atoms with Gasteiger partial charge in [0.15, 0.2) is 5.60 Å². The van der Waals surface area contributed by atoms with E-state index in [-0.39, 0.29) is 23.4 Å². The van der Waals surface area contributed by atoms with Gasteiger partial charge in [-0.1, -0.05) is 11.6 Å². The molecule has 1 aromatic carbocycles. The van der Waals surface area contributed by atoms with Crippen LogP contribution in [0.5, 0.6) is 5.75 Å². The number of nitrogens with one attached hydrogen (secondary N) is 2. The Morgan fingerprint density at radius 1 is 1.17 bits per heavy atom. The zero-order chi connectivity index (χ0) is 24.8. The monoisotopic (exact) mass is 503 g/mol. The lowest BCUT2D eigenvalue weighted by Crippen LogP contribution is -2.68. The van der Waals surface area contributed by atoms with Crippen molar-refractivity contribution in [2.24, 2.45) is 17.8 Å². The molecule has 0 radical (unpaired) electrons. The van der Waals surface area contributed by atoms with Gasteiger partial charge < -0.3 is 20.1 Å². The molecule has 6 rings (SSSR count). The van der Waals surface area contributed by atoms with Crippen LogP contribution in [0.25, 0.3) is 0 Å². The predicted molar refractivity (Wildman–Crippen MR) is 135 cm³/mol. The fourth-order valence-corrected chi connectivity index (χ4v) is 7.31. The second kappa shape index (κ2) is 9.56. The molecular weight excluding hydrogens is 466 g/mol. The number of morpholine rings is 1. The quantitative estimate of drug-likeness (QED) is 0.596. The Labute approximate surface area is 213 Å². The number of nitrogens with zero attached hydrogens (tertiary/aromatic N) is 1. The maximum atomic E-state index is 13.4. The van der Waals surface area contributed by atoms with E-state index in [9.17, 15) is 9.59 Å². The molecule has 1 aromatic rings. The summed E-state index contributed by atoms with van der Waals surface area (Å²) in [5, 5.41) is 7.46. The van der Waals surface area contributed by atoms with E-state index in [1.54, 1.807) is 6.07 Å². The molecule has 192 valence electrons. The minimum Gasteiger partial charge on any atom is -0.478 e. The first-order valence-electron chi connectivity index (χ1n) is 13.0. The lowest BCUT2D eigenvalue weighted by molar-refractivity contribution is -0.141. The van der Waals surface area contributed by atoms with Crippen molar-refractivity contribution in [3.05, 3.63) is 28.8 Å². The van der Waals surface area contributed by atoms with Crippen LogP contribution in [0, 0.1) is 24.7 Å². The first-order valence-corrected chi connectivity index (χ1v) is 13.4. The number of ether oxygens (including phenoxy) is 2. The molecule has 2 N–H and O–H groups in total. The van der Waals surface area contributed by atoms with Crippen LogP contribution in [0.2, 0.25) is 5.02 Å². The van der Waals surface area contributed by atoms with E-state index in [1.165, 1.54) is 0 Å². The number of carbonyl (C=O) groups is 2. The first kappa shape index (κ1) is 24.8. The second-order valence-electron chi connectivity index (χ2n) is 11.7. The van der Waals surface area contributed by atoms with Gasteiger partial charge in [0.2, 0.25) is 5.91 Å². The molecule has 4 bridgehead atoms. The molecule has 7 nitrogen and oxygen atoms in total. The number of hydrogen-bond donors (Lipinski definition) is 2. The van der Waals surface area contributed by atoms with E-state index in [0.29, 0.717) is 48.3 Å². The summed E-state index contributed by atoms with van der Waals surface area (Å²) in [5.41, 5.74) is -0.215. The van der Waals surface area contributed by atoms with Gasteiger partial charge in [-0.05, 0) is 94.4 Å². The topological polar surface area (TPSA) is 79.9 Å². The van der Waals surface area contributed by atoms with Gasteiger partial charge >= 0.3 is 0 Å². The summed E-state index contributed by atoms with van der Waals surface area (Å²) in [6, 6.07) is 5.58. The minimum atomic E-state index is -1.00. The number of hydrogen-bond acceptors (Lipinski definition) is 5. The number of carbonyl (C=O) groups excluding carboxylic acids is 2. The predicted octanol–water partition coefficient (Wildman–Crippen LogP) is 3.32. The van der Waals surface area contributed by atoms with Crippen molar-refractivity contribution in [1.29, 1.82) is 0 Å². The van der Waals surface area contributed by atoms with E-state index in [0.717, 1.165) is 50.8 Å². The number of amides is 2. The molecule has 4 aliphatic carbocycles. The smallest absolute Gasteiger partial charge is 0.263 e. The summed E-state index contributed by atoms with van der Waals surface area (Å²) < 4.78 is 11.6. The Balaban J connectivity index is 1.21. The highest BCUT2D eigenvalue weighted by Crippen LogP contribution is 2.55. The van der Waals surface area contributed by atoms with Crippen LogP contribution in [0.1, 0.15) is 51.5 Å². The van der Waals surface area contributed by atoms with Crippen LogP contribution < -0.4 is 15.4 Å². The molecule has 0 aromatic heterocycles. The molecule has 5 atom stereocenters. The van der Waals surface area contributed by atoms with Gasteiger partial charge in [0.25, 0.3) is 5.91 Å². The van der Waals surface area contributed by atoms with E-state index in [4.69, 9.17) is 21.1 Å². The maximum absolute atomic E-state index is 13.4. The van der Waals surface area contributed by atoms with Gasteiger partial charge in [-0.3, -0.25) is 14.5 Å². The zero-order valence-corrected chi connectivity index (χ0v) is 21.8. The van der Waals surface area contributed by atoms with E-state index in [1.807, 2.05) is 32.9 Å². The lowest BCUT2D eigenvalue weighted by atomic mass is 9.51.